The Balaban J connectivity index is 2.29. The number of piperidine rings is 1. The Morgan fingerprint density at radius 1 is 1.33 bits per heavy atom. The highest BCUT2D eigenvalue weighted by Gasteiger charge is 2.22. The molecule has 1 aliphatic rings. The lowest BCUT2D eigenvalue weighted by atomic mass is 9.93. The van der Waals surface area contributed by atoms with Crippen molar-refractivity contribution in [3.63, 3.8) is 0 Å². The van der Waals surface area contributed by atoms with Crippen molar-refractivity contribution in [1.82, 2.24) is 10.6 Å². The molecule has 5 heteroatoms. The maximum absolute atomic E-state index is 11.8. The lowest BCUT2D eigenvalue weighted by Gasteiger charge is -2.23. The van der Waals surface area contributed by atoms with Crippen LogP contribution in [0.15, 0.2) is 0 Å². The first kappa shape index (κ1) is 15.0. The summed E-state index contributed by atoms with van der Waals surface area (Å²) in [6, 6.07) is -0.550. The van der Waals surface area contributed by atoms with Gasteiger partial charge >= 0.3 is 0 Å². The van der Waals surface area contributed by atoms with Gasteiger partial charge in [-0.15, -0.1) is 0 Å². The number of amides is 2. The van der Waals surface area contributed by atoms with Crippen molar-refractivity contribution in [1.29, 1.82) is 0 Å². The fourth-order valence-electron chi connectivity index (χ4n) is 2.32. The molecule has 1 fully saturated rings. The van der Waals surface area contributed by atoms with Gasteiger partial charge in [0.15, 0.2) is 0 Å². The number of rotatable bonds is 6. The highest BCUT2D eigenvalue weighted by atomic mass is 16.2. The van der Waals surface area contributed by atoms with E-state index in [1.165, 1.54) is 0 Å². The molecule has 1 heterocycles. The van der Waals surface area contributed by atoms with E-state index in [0.29, 0.717) is 12.3 Å². The SMILES string of the molecule is CC(C)C(NC(=O)CCC1CCNCC1)C(N)=O. The van der Waals surface area contributed by atoms with E-state index in [9.17, 15) is 9.59 Å². The third kappa shape index (κ3) is 5.04. The largest absolute Gasteiger partial charge is 0.368 e. The third-order valence-electron chi connectivity index (χ3n) is 3.53. The van der Waals surface area contributed by atoms with Crippen LogP contribution in [0, 0.1) is 11.8 Å². The van der Waals surface area contributed by atoms with Crippen molar-refractivity contribution in [2.24, 2.45) is 17.6 Å². The lowest BCUT2D eigenvalue weighted by molar-refractivity contribution is -0.128. The van der Waals surface area contributed by atoms with Crippen LogP contribution in [0.4, 0.5) is 0 Å². The molecular weight excluding hydrogens is 230 g/mol. The van der Waals surface area contributed by atoms with Gasteiger partial charge in [0.2, 0.25) is 11.8 Å². The van der Waals surface area contributed by atoms with Crippen LogP contribution in [0.3, 0.4) is 0 Å². The first-order valence-corrected chi connectivity index (χ1v) is 6.80. The third-order valence-corrected chi connectivity index (χ3v) is 3.53. The number of hydrogen-bond acceptors (Lipinski definition) is 3. The maximum atomic E-state index is 11.8. The first-order chi connectivity index (χ1) is 8.50. The Bertz CT molecular complexity index is 286. The Hall–Kier alpha value is -1.10. The average molecular weight is 255 g/mol. The quantitative estimate of drug-likeness (QED) is 0.642. The van der Waals surface area contributed by atoms with Gasteiger partial charge in [-0.05, 0) is 44.2 Å². The summed E-state index contributed by atoms with van der Waals surface area (Å²) < 4.78 is 0. The number of nitrogens with one attached hydrogen (secondary N) is 2. The summed E-state index contributed by atoms with van der Waals surface area (Å²) in [4.78, 5) is 23.0. The molecule has 1 saturated heterocycles. The molecular formula is C13H25N3O2. The molecule has 0 aromatic carbocycles. The second-order valence-electron chi connectivity index (χ2n) is 5.42. The smallest absolute Gasteiger partial charge is 0.240 e. The molecule has 0 aromatic rings. The van der Waals surface area contributed by atoms with Crippen molar-refractivity contribution in [2.45, 2.75) is 45.6 Å². The number of carbonyl (C=O) groups excluding carboxylic acids is 2. The normalized spacial score (nSPS) is 18.6. The van der Waals surface area contributed by atoms with Gasteiger partial charge in [0.05, 0.1) is 0 Å². The molecule has 18 heavy (non-hydrogen) atoms. The fraction of sp³-hybridized carbons (Fsp3) is 0.846. The minimum absolute atomic E-state index is 0.0327. The predicted molar refractivity (Wildman–Crippen MR) is 70.8 cm³/mol. The summed E-state index contributed by atoms with van der Waals surface area (Å²) in [5.41, 5.74) is 5.26. The number of nitrogens with two attached hydrogens (primary N) is 1. The summed E-state index contributed by atoms with van der Waals surface area (Å²) in [6.45, 7) is 5.84. The van der Waals surface area contributed by atoms with E-state index in [4.69, 9.17) is 5.73 Å². The zero-order valence-electron chi connectivity index (χ0n) is 11.4. The van der Waals surface area contributed by atoms with Crippen LogP contribution in [-0.2, 0) is 9.59 Å². The number of primary amides is 1. The monoisotopic (exact) mass is 255 g/mol. The van der Waals surface area contributed by atoms with Crippen LogP contribution in [0.5, 0.6) is 0 Å². The highest BCUT2D eigenvalue weighted by molar-refractivity contribution is 5.86. The minimum atomic E-state index is -0.550. The van der Waals surface area contributed by atoms with Gasteiger partial charge in [-0.25, -0.2) is 0 Å². The van der Waals surface area contributed by atoms with E-state index in [0.717, 1.165) is 32.4 Å². The van der Waals surface area contributed by atoms with Crippen LogP contribution in [0.2, 0.25) is 0 Å². The van der Waals surface area contributed by atoms with E-state index in [2.05, 4.69) is 10.6 Å². The Morgan fingerprint density at radius 3 is 2.44 bits per heavy atom. The zero-order valence-corrected chi connectivity index (χ0v) is 11.4. The fourth-order valence-corrected chi connectivity index (χ4v) is 2.32. The summed E-state index contributed by atoms with van der Waals surface area (Å²) in [7, 11) is 0. The topological polar surface area (TPSA) is 84.2 Å². The van der Waals surface area contributed by atoms with Crippen molar-refractivity contribution in [3.8, 4) is 0 Å². The van der Waals surface area contributed by atoms with E-state index in [-0.39, 0.29) is 11.8 Å². The molecule has 1 aliphatic heterocycles. The summed E-state index contributed by atoms with van der Waals surface area (Å²) in [5, 5.41) is 6.03. The average Bonchev–Trinajstić information content (AvgIpc) is 2.34. The molecule has 0 bridgehead atoms. The van der Waals surface area contributed by atoms with Gasteiger partial charge in [0.1, 0.15) is 6.04 Å². The number of carbonyl (C=O) groups is 2. The molecule has 5 nitrogen and oxygen atoms in total. The Labute approximate surface area is 109 Å². The molecule has 0 radical (unpaired) electrons. The van der Waals surface area contributed by atoms with Gasteiger partial charge in [-0.2, -0.15) is 0 Å². The molecule has 0 aliphatic carbocycles. The summed E-state index contributed by atoms with van der Waals surface area (Å²) in [6.07, 6.45) is 3.66. The van der Waals surface area contributed by atoms with E-state index < -0.39 is 11.9 Å². The first-order valence-electron chi connectivity index (χ1n) is 6.80. The van der Waals surface area contributed by atoms with Crippen molar-refractivity contribution >= 4 is 11.8 Å². The van der Waals surface area contributed by atoms with Crippen LogP contribution in [0.25, 0.3) is 0 Å². The maximum Gasteiger partial charge on any atom is 0.240 e. The second kappa shape index (κ2) is 7.36. The molecule has 2 amide bonds. The Kier molecular flexibility index (Phi) is 6.12. The van der Waals surface area contributed by atoms with Crippen molar-refractivity contribution in [2.75, 3.05) is 13.1 Å². The van der Waals surface area contributed by atoms with Gasteiger partial charge in [-0.3, -0.25) is 9.59 Å². The van der Waals surface area contributed by atoms with Gasteiger partial charge in [0, 0.05) is 6.42 Å². The standard InChI is InChI=1S/C13H25N3O2/c1-9(2)12(13(14)18)16-11(17)4-3-10-5-7-15-8-6-10/h9-10,12,15H,3-8H2,1-2H3,(H2,14,18)(H,16,17). The Morgan fingerprint density at radius 2 is 1.94 bits per heavy atom. The molecule has 0 aromatic heterocycles. The van der Waals surface area contributed by atoms with Gasteiger partial charge in [-0.1, -0.05) is 13.8 Å². The predicted octanol–water partition coefficient (Wildman–Crippen LogP) is 0.392. The molecule has 1 rings (SSSR count). The van der Waals surface area contributed by atoms with Crippen molar-refractivity contribution in [3.05, 3.63) is 0 Å². The second-order valence-corrected chi connectivity index (χ2v) is 5.42. The van der Waals surface area contributed by atoms with Crippen LogP contribution in [0.1, 0.15) is 39.5 Å². The summed E-state index contributed by atoms with van der Waals surface area (Å²) >= 11 is 0. The summed E-state index contributed by atoms with van der Waals surface area (Å²) in [5.74, 6) is 0.139. The van der Waals surface area contributed by atoms with E-state index in [1.807, 2.05) is 13.8 Å². The molecule has 1 atom stereocenters. The highest BCUT2D eigenvalue weighted by Crippen LogP contribution is 2.17. The zero-order chi connectivity index (χ0) is 13.5. The number of hydrogen-bond donors (Lipinski definition) is 3. The molecule has 4 N–H and O–H groups in total. The molecule has 0 spiro atoms. The molecule has 104 valence electrons. The van der Waals surface area contributed by atoms with Crippen LogP contribution in [-0.4, -0.2) is 30.9 Å². The van der Waals surface area contributed by atoms with Gasteiger partial charge in [0.25, 0.3) is 0 Å². The minimum Gasteiger partial charge on any atom is -0.368 e. The molecule has 0 saturated carbocycles. The van der Waals surface area contributed by atoms with Crippen LogP contribution >= 0.6 is 0 Å². The van der Waals surface area contributed by atoms with Crippen molar-refractivity contribution < 1.29 is 9.59 Å². The van der Waals surface area contributed by atoms with Crippen LogP contribution < -0.4 is 16.4 Å². The van der Waals surface area contributed by atoms with E-state index >= 15 is 0 Å². The molecule has 1 unspecified atom stereocenters. The van der Waals surface area contributed by atoms with Gasteiger partial charge < -0.3 is 16.4 Å². The lowest BCUT2D eigenvalue weighted by Crippen LogP contribution is -2.47. The van der Waals surface area contributed by atoms with E-state index in [1.54, 1.807) is 0 Å².